The first-order chi connectivity index (χ1) is 7.16. The Labute approximate surface area is 89.3 Å². The zero-order valence-corrected chi connectivity index (χ0v) is 8.87. The van der Waals surface area contributed by atoms with Crippen molar-refractivity contribution in [2.24, 2.45) is 5.92 Å². The van der Waals surface area contributed by atoms with Crippen molar-refractivity contribution < 1.29 is 9.18 Å². The first kappa shape index (κ1) is 10.3. The molecule has 0 bridgehead atoms. The van der Waals surface area contributed by atoms with Crippen molar-refractivity contribution in [3.05, 3.63) is 35.6 Å². The Morgan fingerprint density at radius 2 is 2.20 bits per heavy atom. The molecule has 2 rings (SSSR count). The molecule has 15 heavy (non-hydrogen) atoms. The summed E-state index contributed by atoms with van der Waals surface area (Å²) >= 11 is 0. The van der Waals surface area contributed by atoms with Crippen LogP contribution in [0, 0.1) is 11.7 Å². The Balaban J connectivity index is 2.25. The lowest BCUT2D eigenvalue weighted by Gasteiger charge is -2.25. The molecule has 0 saturated heterocycles. The molecule has 0 heterocycles. The largest absolute Gasteiger partial charge is 0.299 e. The maximum atomic E-state index is 13.0. The fourth-order valence-electron chi connectivity index (χ4n) is 2.26. The van der Waals surface area contributed by atoms with Gasteiger partial charge >= 0.3 is 0 Å². The minimum Gasteiger partial charge on any atom is -0.299 e. The summed E-state index contributed by atoms with van der Waals surface area (Å²) in [6, 6.07) is 6.43. The Hall–Kier alpha value is -1.18. The summed E-state index contributed by atoms with van der Waals surface area (Å²) in [5, 5.41) is 0. The number of carbonyl (C=O) groups is 1. The molecule has 0 N–H and O–H groups in total. The van der Waals surface area contributed by atoms with Gasteiger partial charge in [0.05, 0.1) is 0 Å². The summed E-state index contributed by atoms with van der Waals surface area (Å²) in [7, 11) is 0. The van der Waals surface area contributed by atoms with Crippen LogP contribution in [-0.4, -0.2) is 5.78 Å². The number of hydrogen-bond acceptors (Lipinski definition) is 1. The Morgan fingerprint density at radius 1 is 1.40 bits per heavy atom. The second kappa shape index (κ2) is 4.13. The third-order valence-electron chi connectivity index (χ3n) is 3.16. The summed E-state index contributed by atoms with van der Waals surface area (Å²) in [5.74, 6) is 0.498. The molecule has 1 fully saturated rings. The number of rotatable bonds is 1. The molecule has 80 valence electrons. The average molecular weight is 206 g/mol. The molecule has 1 aliphatic carbocycles. The molecular formula is C13H15FO. The molecular weight excluding hydrogens is 191 g/mol. The Bertz CT molecular complexity index is 373. The van der Waals surface area contributed by atoms with Gasteiger partial charge in [0.2, 0.25) is 0 Å². The van der Waals surface area contributed by atoms with E-state index < -0.39 is 0 Å². The Morgan fingerprint density at radius 3 is 2.93 bits per heavy atom. The molecule has 0 aliphatic heterocycles. The first-order valence-electron chi connectivity index (χ1n) is 5.45. The number of halogens is 1. The fraction of sp³-hybridized carbons (Fsp3) is 0.462. The topological polar surface area (TPSA) is 17.1 Å². The van der Waals surface area contributed by atoms with Crippen LogP contribution in [0.25, 0.3) is 0 Å². The van der Waals surface area contributed by atoms with Crippen LogP contribution in [0.2, 0.25) is 0 Å². The standard InChI is InChI=1S/C13H15FO/c1-9-5-6-13(15)12(7-9)10-3-2-4-11(14)8-10/h2-4,8-9,12H,5-7H2,1H3/t9-,12?/m0/s1. The van der Waals surface area contributed by atoms with E-state index in [2.05, 4.69) is 6.92 Å². The van der Waals surface area contributed by atoms with E-state index in [4.69, 9.17) is 0 Å². The number of ketones is 1. The van der Waals surface area contributed by atoms with Crippen molar-refractivity contribution in [2.45, 2.75) is 32.1 Å². The van der Waals surface area contributed by atoms with Crippen molar-refractivity contribution in [1.82, 2.24) is 0 Å². The smallest absolute Gasteiger partial charge is 0.140 e. The molecule has 1 aromatic rings. The van der Waals surface area contributed by atoms with Crippen molar-refractivity contribution in [1.29, 1.82) is 0 Å². The van der Waals surface area contributed by atoms with Gasteiger partial charge in [0.15, 0.2) is 0 Å². The Kier molecular flexibility index (Phi) is 2.85. The fourth-order valence-corrected chi connectivity index (χ4v) is 2.26. The highest BCUT2D eigenvalue weighted by atomic mass is 19.1. The van der Waals surface area contributed by atoms with Crippen molar-refractivity contribution in [3.63, 3.8) is 0 Å². The van der Waals surface area contributed by atoms with E-state index in [1.54, 1.807) is 6.07 Å². The van der Waals surface area contributed by atoms with Gasteiger partial charge < -0.3 is 0 Å². The van der Waals surface area contributed by atoms with E-state index in [1.165, 1.54) is 12.1 Å². The predicted molar refractivity (Wildman–Crippen MR) is 57.2 cm³/mol. The molecule has 1 saturated carbocycles. The highest BCUT2D eigenvalue weighted by Crippen LogP contribution is 2.33. The predicted octanol–water partition coefficient (Wildman–Crippen LogP) is 3.30. The van der Waals surface area contributed by atoms with E-state index in [0.29, 0.717) is 12.3 Å². The van der Waals surface area contributed by atoms with Crippen LogP contribution in [0.5, 0.6) is 0 Å². The molecule has 2 atom stereocenters. The zero-order chi connectivity index (χ0) is 10.8. The highest BCUT2D eigenvalue weighted by molar-refractivity contribution is 5.86. The highest BCUT2D eigenvalue weighted by Gasteiger charge is 2.27. The third kappa shape index (κ3) is 2.25. The van der Waals surface area contributed by atoms with Crippen molar-refractivity contribution in [3.8, 4) is 0 Å². The van der Waals surface area contributed by atoms with Gasteiger partial charge in [-0.25, -0.2) is 4.39 Å². The molecule has 1 nitrogen and oxygen atoms in total. The number of carbonyl (C=O) groups excluding carboxylic acids is 1. The van der Waals surface area contributed by atoms with E-state index in [-0.39, 0.29) is 17.5 Å². The summed E-state index contributed by atoms with van der Waals surface area (Å²) in [5.41, 5.74) is 0.839. The van der Waals surface area contributed by atoms with E-state index in [0.717, 1.165) is 18.4 Å². The minimum atomic E-state index is -0.251. The van der Waals surface area contributed by atoms with Crippen molar-refractivity contribution in [2.75, 3.05) is 0 Å². The van der Waals surface area contributed by atoms with Gasteiger partial charge in [0.1, 0.15) is 11.6 Å². The van der Waals surface area contributed by atoms with Crippen LogP contribution in [-0.2, 0) is 4.79 Å². The minimum absolute atomic E-state index is 0.0792. The quantitative estimate of drug-likeness (QED) is 0.689. The van der Waals surface area contributed by atoms with Gasteiger partial charge in [0, 0.05) is 12.3 Å². The van der Waals surface area contributed by atoms with Gasteiger partial charge in [-0.1, -0.05) is 19.1 Å². The normalized spacial score (nSPS) is 26.7. The molecule has 1 aliphatic rings. The lowest BCUT2D eigenvalue weighted by atomic mass is 9.78. The monoisotopic (exact) mass is 206 g/mol. The summed E-state index contributed by atoms with van der Waals surface area (Å²) in [4.78, 5) is 11.7. The van der Waals surface area contributed by atoms with Crippen LogP contribution in [0.3, 0.4) is 0 Å². The van der Waals surface area contributed by atoms with Crippen LogP contribution >= 0.6 is 0 Å². The zero-order valence-electron chi connectivity index (χ0n) is 8.87. The van der Waals surface area contributed by atoms with Crippen LogP contribution < -0.4 is 0 Å². The molecule has 0 aromatic heterocycles. The third-order valence-corrected chi connectivity index (χ3v) is 3.16. The summed E-state index contributed by atoms with van der Waals surface area (Å²) < 4.78 is 13.0. The van der Waals surface area contributed by atoms with Gasteiger partial charge in [0.25, 0.3) is 0 Å². The summed E-state index contributed by atoms with van der Waals surface area (Å²) in [6.07, 6.45) is 2.48. The molecule has 2 heteroatoms. The van der Waals surface area contributed by atoms with E-state index in [9.17, 15) is 9.18 Å². The van der Waals surface area contributed by atoms with E-state index >= 15 is 0 Å². The lowest BCUT2D eigenvalue weighted by Crippen LogP contribution is -2.21. The number of benzene rings is 1. The van der Waals surface area contributed by atoms with Gasteiger partial charge in [-0.15, -0.1) is 0 Å². The summed E-state index contributed by atoms with van der Waals surface area (Å²) in [6.45, 7) is 2.15. The van der Waals surface area contributed by atoms with Crippen LogP contribution in [0.1, 0.15) is 37.7 Å². The van der Waals surface area contributed by atoms with Crippen molar-refractivity contribution >= 4 is 5.78 Å². The number of Topliss-reactive ketones (excluding diaryl/α,β-unsaturated/α-hetero) is 1. The molecule has 0 radical (unpaired) electrons. The maximum Gasteiger partial charge on any atom is 0.140 e. The molecule has 1 unspecified atom stereocenters. The van der Waals surface area contributed by atoms with Crippen LogP contribution in [0.15, 0.2) is 24.3 Å². The van der Waals surface area contributed by atoms with Gasteiger partial charge in [-0.3, -0.25) is 4.79 Å². The molecule has 0 amide bonds. The lowest BCUT2D eigenvalue weighted by molar-refractivity contribution is -0.122. The average Bonchev–Trinajstić information content (AvgIpc) is 2.22. The molecule has 1 aromatic carbocycles. The van der Waals surface area contributed by atoms with Gasteiger partial charge in [-0.05, 0) is 36.5 Å². The SMILES string of the molecule is C[C@H]1CCC(=O)C(c2cccc(F)c2)C1. The first-order valence-corrected chi connectivity index (χ1v) is 5.45. The maximum absolute atomic E-state index is 13.0. The second-order valence-electron chi connectivity index (χ2n) is 4.45. The van der Waals surface area contributed by atoms with Gasteiger partial charge in [-0.2, -0.15) is 0 Å². The second-order valence-corrected chi connectivity index (χ2v) is 4.45. The van der Waals surface area contributed by atoms with E-state index in [1.807, 2.05) is 6.07 Å². The number of hydrogen-bond donors (Lipinski definition) is 0. The molecule has 0 spiro atoms. The van der Waals surface area contributed by atoms with Crippen LogP contribution in [0.4, 0.5) is 4.39 Å².